The third-order valence-electron chi connectivity index (χ3n) is 2.69. The first-order chi connectivity index (χ1) is 7.65. The molecule has 0 aromatic rings. The summed E-state index contributed by atoms with van der Waals surface area (Å²) in [5.74, 6) is -0.112. The van der Waals surface area contributed by atoms with Crippen molar-refractivity contribution in [2.24, 2.45) is 0 Å². The van der Waals surface area contributed by atoms with Crippen molar-refractivity contribution in [2.45, 2.75) is 19.8 Å². The van der Waals surface area contributed by atoms with E-state index in [1.54, 1.807) is 7.05 Å². The van der Waals surface area contributed by atoms with Crippen molar-refractivity contribution in [1.82, 2.24) is 9.80 Å². The van der Waals surface area contributed by atoms with E-state index in [1.807, 2.05) is 11.8 Å². The van der Waals surface area contributed by atoms with Gasteiger partial charge in [0.25, 0.3) is 0 Å². The van der Waals surface area contributed by atoms with Crippen molar-refractivity contribution in [3.63, 3.8) is 0 Å². The Morgan fingerprint density at radius 1 is 1.31 bits per heavy atom. The number of carbonyl (C=O) groups excluding carboxylic acids is 2. The fraction of sp³-hybridized carbons (Fsp3) is 0.818. The highest BCUT2D eigenvalue weighted by molar-refractivity contribution is 5.85. The zero-order valence-corrected chi connectivity index (χ0v) is 10.1. The van der Waals surface area contributed by atoms with Gasteiger partial charge in [-0.2, -0.15) is 0 Å². The molecule has 1 aliphatic heterocycles. The molecule has 0 N–H and O–H groups in total. The summed E-state index contributed by atoms with van der Waals surface area (Å²) >= 11 is 0. The molecule has 16 heavy (non-hydrogen) atoms. The molecule has 2 amide bonds. The first-order valence-electron chi connectivity index (χ1n) is 5.74. The summed E-state index contributed by atoms with van der Waals surface area (Å²) in [5.41, 5.74) is 0. The van der Waals surface area contributed by atoms with Gasteiger partial charge in [0, 0.05) is 26.7 Å². The number of likely N-dealkylation sites (N-methyl/N-ethyl adjacent to an activating group) is 1. The predicted octanol–water partition coefficient (Wildman–Crippen LogP) is 0.104. The van der Waals surface area contributed by atoms with Crippen LogP contribution in [0.5, 0.6) is 0 Å². The Labute approximate surface area is 96.3 Å². The smallest absolute Gasteiger partial charge is 0.248 e. The molecule has 1 heterocycles. The molecule has 1 saturated heterocycles. The molecule has 1 fully saturated rings. The van der Waals surface area contributed by atoms with Gasteiger partial charge in [0.05, 0.1) is 6.54 Å². The summed E-state index contributed by atoms with van der Waals surface area (Å²) in [6.45, 7) is 4.22. The van der Waals surface area contributed by atoms with Gasteiger partial charge in [0.15, 0.2) is 0 Å². The summed E-state index contributed by atoms with van der Waals surface area (Å²) < 4.78 is 5.01. The lowest BCUT2D eigenvalue weighted by molar-refractivity contribution is -0.141. The van der Waals surface area contributed by atoms with Crippen molar-refractivity contribution < 1.29 is 14.3 Å². The minimum Gasteiger partial charge on any atom is -0.372 e. The maximum Gasteiger partial charge on any atom is 0.248 e. The van der Waals surface area contributed by atoms with E-state index >= 15 is 0 Å². The Balaban J connectivity index is 2.29. The van der Waals surface area contributed by atoms with Gasteiger partial charge in [-0.25, -0.2) is 0 Å². The first-order valence-corrected chi connectivity index (χ1v) is 5.74. The summed E-state index contributed by atoms with van der Waals surface area (Å²) in [7, 11) is 1.63. The molecule has 0 aromatic carbocycles. The van der Waals surface area contributed by atoms with Crippen molar-refractivity contribution in [3.8, 4) is 0 Å². The second kappa shape index (κ2) is 6.48. The van der Waals surface area contributed by atoms with Crippen molar-refractivity contribution >= 4 is 11.8 Å². The van der Waals surface area contributed by atoms with Crippen LogP contribution in [0, 0.1) is 0 Å². The van der Waals surface area contributed by atoms with Gasteiger partial charge in [-0.05, 0) is 19.8 Å². The zero-order valence-electron chi connectivity index (χ0n) is 10.1. The van der Waals surface area contributed by atoms with Crippen LogP contribution in [-0.4, -0.2) is 61.5 Å². The van der Waals surface area contributed by atoms with E-state index in [-0.39, 0.29) is 25.0 Å². The minimum absolute atomic E-state index is 0.0323. The lowest BCUT2D eigenvalue weighted by atomic mass is 10.4. The SMILES string of the molecule is CCOCC(=O)N(C)CC(=O)N1CCCC1. The largest absolute Gasteiger partial charge is 0.372 e. The molecule has 92 valence electrons. The Morgan fingerprint density at radius 2 is 1.94 bits per heavy atom. The van der Waals surface area contributed by atoms with E-state index in [4.69, 9.17) is 4.74 Å². The maximum atomic E-state index is 11.7. The van der Waals surface area contributed by atoms with Crippen LogP contribution in [-0.2, 0) is 14.3 Å². The van der Waals surface area contributed by atoms with Crippen LogP contribution in [0.1, 0.15) is 19.8 Å². The molecule has 1 aliphatic rings. The summed E-state index contributed by atoms with van der Waals surface area (Å²) in [6.07, 6.45) is 2.14. The molecular weight excluding hydrogens is 208 g/mol. The van der Waals surface area contributed by atoms with Crippen molar-refractivity contribution in [3.05, 3.63) is 0 Å². The number of amides is 2. The van der Waals surface area contributed by atoms with E-state index in [9.17, 15) is 9.59 Å². The van der Waals surface area contributed by atoms with E-state index in [0.717, 1.165) is 25.9 Å². The number of rotatable bonds is 5. The number of hydrogen-bond donors (Lipinski definition) is 0. The van der Waals surface area contributed by atoms with E-state index in [2.05, 4.69) is 0 Å². The van der Waals surface area contributed by atoms with Crippen LogP contribution < -0.4 is 0 Å². The topological polar surface area (TPSA) is 49.9 Å². The highest BCUT2D eigenvalue weighted by Crippen LogP contribution is 2.07. The third-order valence-corrected chi connectivity index (χ3v) is 2.69. The standard InChI is InChI=1S/C11H20N2O3/c1-3-16-9-11(15)12(2)8-10(14)13-6-4-5-7-13/h3-9H2,1-2H3. The summed E-state index contributed by atoms with van der Waals surface area (Å²) in [4.78, 5) is 26.4. The molecular formula is C11H20N2O3. The third kappa shape index (κ3) is 3.81. The van der Waals surface area contributed by atoms with Crippen LogP contribution in [0.2, 0.25) is 0 Å². The van der Waals surface area contributed by atoms with Gasteiger partial charge >= 0.3 is 0 Å². The lowest BCUT2D eigenvalue weighted by Gasteiger charge is -2.21. The highest BCUT2D eigenvalue weighted by Gasteiger charge is 2.20. The quantitative estimate of drug-likeness (QED) is 0.671. The number of nitrogens with zero attached hydrogens (tertiary/aromatic N) is 2. The average molecular weight is 228 g/mol. The number of carbonyl (C=O) groups is 2. The number of ether oxygens (including phenoxy) is 1. The van der Waals surface area contributed by atoms with Crippen LogP contribution in [0.15, 0.2) is 0 Å². The molecule has 1 rings (SSSR count). The lowest BCUT2D eigenvalue weighted by Crippen LogP contribution is -2.41. The van der Waals surface area contributed by atoms with Gasteiger partial charge in [-0.15, -0.1) is 0 Å². The highest BCUT2D eigenvalue weighted by atomic mass is 16.5. The normalized spacial score (nSPS) is 15.2. The molecule has 5 heteroatoms. The monoisotopic (exact) mass is 228 g/mol. The van der Waals surface area contributed by atoms with Crippen molar-refractivity contribution in [1.29, 1.82) is 0 Å². The Hall–Kier alpha value is -1.10. The van der Waals surface area contributed by atoms with Crippen LogP contribution >= 0.6 is 0 Å². The molecule has 0 atom stereocenters. The number of hydrogen-bond acceptors (Lipinski definition) is 3. The fourth-order valence-electron chi connectivity index (χ4n) is 1.66. The minimum atomic E-state index is -0.144. The molecule has 0 aliphatic carbocycles. The second-order valence-corrected chi connectivity index (χ2v) is 3.97. The van der Waals surface area contributed by atoms with Crippen LogP contribution in [0.4, 0.5) is 0 Å². The molecule has 0 bridgehead atoms. The van der Waals surface area contributed by atoms with Crippen LogP contribution in [0.25, 0.3) is 0 Å². The maximum absolute atomic E-state index is 11.7. The Bertz CT molecular complexity index is 250. The summed E-state index contributed by atoms with van der Waals surface area (Å²) in [5, 5.41) is 0. The molecule has 0 spiro atoms. The molecule has 0 saturated carbocycles. The van der Waals surface area contributed by atoms with E-state index in [0.29, 0.717) is 6.61 Å². The van der Waals surface area contributed by atoms with E-state index in [1.165, 1.54) is 4.90 Å². The molecule has 5 nitrogen and oxygen atoms in total. The van der Waals surface area contributed by atoms with E-state index < -0.39 is 0 Å². The number of likely N-dealkylation sites (tertiary alicyclic amines) is 1. The van der Waals surface area contributed by atoms with Gasteiger partial charge in [0.1, 0.15) is 6.61 Å². The fourth-order valence-corrected chi connectivity index (χ4v) is 1.66. The van der Waals surface area contributed by atoms with Gasteiger partial charge in [-0.3, -0.25) is 9.59 Å². The summed E-state index contributed by atoms with van der Waals surface area (Å²) in [6, 6.07) is 0. The zero-order chi connectivity index (χ0) is 12.0. The van der Waals surface area contributed by atoms with Gasteiger partial charge < -0.3 is 14.5 Å². The molecule has 0 radical (unpaired) electrons. The van der Waals surface area contributed by atoms with Gasteiger partial charge in [-0.1, -0.05) is 0 Å². The molecule has 0 aromatic heterocycles. The van der Waals surface area contributed by atoms with Gasteiger partial charge in [0.2, 0.25) is 11.8 Å². The molecule has 0 unspecified atom stereocenters. The second-order valence-electron chi connectivity index (χ2n) is 3.97. The van der Waals surface area contributed by atoms with Crippen LogP contribution in [0.3, 0.4) is 0 Å². The van der Waals surface area contributed by atoms with Crippen molar-refractivity contribution in [2.75, 3.05) is 39.9 Å². The Morgan fingerprint density at radius 3 is 2.50 bits per heavy atom. The average Bonchev–Trinajstić information content (AvgIpc) is 2.79. The predicted molar refractivity (Wildman–Crippen MR) is 59.9 cm³/mol. The first kappa shape index (κ1) is 13.0. The Kier molecular flexibility index (Phi) is 5.25.